The zero-order chi connectivity index (χ0) is 21.5. The molecule has 0 bridgehead atoms. The van der Waals surface area contributed by atoms with Crippen LogP contribution in [0.3, 0.4) is 0 Å². The first-order valence-electron chi connectivity index (χ1n) is 11.2. The lowest BCUT2D eigenvalue weighted by Crippen LogP contribution is -2.42. The number of nitrogens with one attached hydrogen (secondary N) is 2. The van der Waals surface area contributed by atoms with E-state index >= 15 is 0 Å². The van der Waals surface area contributed by atoms with Crippen molar-refractivity contribution in [1.82, 2.24) is 24.4 Å². The third-order valence-electron chi connectivity index (χ3n) is 6.49. The number of aliphatic imine (C=N–C) groups is 1. The summed E-state index contributed by atoms with van der Waals surface area (Å²) >= 11 is 0. The standard InChI is InChI=1S/C22H29N7O2/c1-3-29-20(14-4-5-14)27-17-6-8-28(10-16(17)22(29)30)21(24-12-23)19-18(25-13(2)26-19)15-7-9-31-11-15/h12,14-15,23H,3-11H2,1-2H3,(H,25,26)/t15-/m1/s1. The molecule has 1 aliphatic carbocycles. The molecule has 2 aromatic heterocycles. The Morgan fingerprint density at radius 3 is 2.84 bits per heavy atom. The largest absolute Gasteiger partial charge is 0.381 e. The van der Waals surface area contributed by atoms with Gasteiger partial charge in [-0.1, -0.05) is 0 Å². The Bertz CT molecular complexity index is 1090. The Morgan fingerprint density at radius 1 is 1.32 bits per heavy atom. The lowest BCUT2D eigenvalue weighted by atomic mass is 10.0. The molecule has 9 nitrogen and oxygen atoms in total. The number of aryl methyl sites for hydroxylation is 1. The van der Waals surface area contributed by atoms with Gasteiger partial charge in [0, 0.05) is 38.0 Å². The Hall–Kier alpha value is -2.81. The van der Waals surface area contributed by atoms with E-state index in [1.165, 1.54) is 0 Å². The first kappa shape index (κ1) is 20.1. The summed E-state index contributed by atoms with van der Waals surface area (Å²) in [7, 11) is 0. The van der Waals surface area contributed by atoms with E-state index in [4.69, 9.17) is 20.1 Å². The summed E-state index contributed by atoms with van der Waals surface area (Å²) in [6.45, 7) is 7.10. The highest BCUT2D eigenvalue weighted by molar-refractivity contribution is 6.01. The lowest BCUT2D eigenvalue weighted by molar-refractivity contribution is 0.193. The van der Waals surface area contributed by atoms with E-state index < -0.39 is 0 Å². The molecule has 0 aromatic carbocycles. The predicted octanol–water partition coefficient (Wildman–Crippen LogP) is 2.09. The zero-order valence-corrected chi connectivity index (χ0v) is 18.1. The molecule has 1 saturated heterocycles. The van der Waals surface area contributed by atoms with Crippen LogP contribution in [0.2, 0.25) is 0 Å². The topological polar surface area (TPSA) is 112 Å². The number of aromatic amines is 1. The van der Waals surface area contributed by atoms with Crippen molar-refractivity contribution in [2.45, 2.75) is 64.5 Å². The van der Waals surface area contributed by atoms with E-state index in [1.54, 1.807) is 0 Å². The highest BCUT2D eigenvalue weighted by atomic mass is 16.5. The van der Waals surface area contributed by atoms with Gasteiger partial charge in [0.15, 0.2) is 5.84 Å². The Balaban J connectivity index is 1.52. The maximum Gasteiger partial charge on any atom is 0.258 e. The van der Waals surface area contributed by atoms with E-state index in [-0.39, 0.29) is 11.5 Å². The van der Waals surface area contributed by atoms with Gasteiger partial charge in [0.25, 0.3) is 5.56 Å². The molecule has 5 rings (SSSR count). The van der Waals surface area contributed by atoms with E-state index in [2.05, 4.69) is 14.9 Å². The van der Waals surface area contributed by atoms with Crippen molar-refractivity contribution in [3.8, 4) is 0 Å². The van der Waals surface area contributed by atoms with Crippen molar-refractivity contribution < 1.29 is 4.74 Å². The number of ether oxygens (including phenoxy) is 1. The fourth-order valence-corrected chi connectivity index (χ4v) is 4.76. The maximum atomic E-state index is 13.3. The fourth-order valence-electron chi connectivity index (χ4n) is 4.76. The molecule has 1 saturated carbocycles. The van der Waals surface area contributed by atoms with Crippen LogP contribution in [-0.4, -0.2) is 56.4 Å². The van der Waals surface area contributed by atoms with E-state index in [0.29, 0.717) is 44.4 Å². The monoisotopic (exact) mass is 423 g/mol. The minimum Gasteiger partial charge on any atom is -0.381 e. The molecule has 2 aromatic rings. The van der Waals surface area contributed by atoms with Crippen LogP contribution in [0.1, 0.15) is 72.3 Å². The Kier molecular flexibility index (Phi) is 5.21. The van der Waals surface area contributed by atoms with E-state index in [0.717, 1.165) is 66.5 Å². The molecule has 164 valence electrons. The van der Waals surface area contributed by atoms with E-state index in [1.807, 2.05) is 18.4 Å². The molecule has 1 atom stereocenters. The SMILES string of the molecule is CCn1c(C2CC2)nc2c(c1=O)CN(C(=NC=N)c1nc(C)[nH]c1[C@@H]1CCOC1)CC2. The number of nitrogens with zero attached hydrogens (tertiary/aromatic N) is 5. The quantitative estimate of drug-likeness (QED) is 0.565. The smallest absolute Gasteiger partial charge is 0.258 e. The van der Waals surface area contributed by atoms with Crippen molar-refractivity contribution >= 4 is 12.2 Å². The Labute approximate surface area is 181 Å². The lowest BCUT2D eigenvalue weighted by Gasteiger charge is -2.31. The average Bonchev–Trinajstić information content (AvgIpc) is 3.33. The van der Waals surface area contributed by atoms with Crippen LogP contribution in [0.4, 0.5) is 0 Å². The van der Waals surface area contributed by atoms with Gasteiger partial charge < -0.3 is 14.6 Å². The highest BCUT2D eigenvalue weighted by Gasteiger charge is 2.33. The highest BCUT2D eigenvalue weighted by Crippen LogP contribution is 2.39. The summed E-state index contributed by atoms with van der Waals surface area (Å²) < 4.78 is 7.43. The number of hydrogen-bond acceptors (Lipinski definition) is 5. The van der Waals surface area contributed by atoms with Crippen LogP contribution in [0.5, 0.6) is 0 Å². The number of imidazole rings is 1. The molecule has 2 fully saturated rings. The summed E-state index contributed by atoms with van der Waals surface area (Å²) in [5.41, 5.74) is 3.50. The van der Waals surface area contributed by atoms with Crippen LogP contribution in [0, 0.1) is 12.3 Å². The summed E-state index contributed by atoms with van der Waals surface area (Å²) in [4.78, 5) is 32.8. The maximum absolute atomic E-state index is 13.3. The number of aromatic nitrogens is 4. The molecule has 31 heavy (non-hydrogen) atoms. The van der Waals surface area contributed by atoms with Crippen molar-refractivity contribution in [2.24, 2.45) is 4.99 Å². The van der Waals surface area contributed by atoms with Crippen LogP contribution in [0.25, 0.3) is 0 Å². The molecule has 2 N–H and O–H groups in total. The van der Waals surface area contributed by atoms with Gasteiger partial charge in [0.05, 0.1) is 30.1 Å². The average molecular weight is 424 g/mol. The normalized spacial score (nSPS) is 21.4. The summed E-state index contributed by atoms with van der Waals surface area (Å²) in [6.07, 6.45) is 4.93. The first-order valence-corrected chi connectivity index (χ1v) is 11.2. The molecule has 3 aliphatic rings. The molecule has 0 unspecified atom stereocenters. The number of H-pyrrole nitrogens is 1. The van der Waals surface area contributed by atoms with E-state index in [9.17, 15) is 4.79 Å². The summed E-state index contributed by atoms with van der Waals surface area (Å²) in [5.74, 6) is 3.09. The third-order valence-corrected chi connectivity index (χ3v) is 6.49. The first-order chi connectivity index (χ1) is 15.1. The number of amidine groups is 1. The van der Waals surface area contributed by atoms with Crippen molar-refractivity contribution in [3.63, 3.8) is 0 Å². The number of fused-ring (bicyclic) bond motifs is 1. The van der Waals surface area contributed by atoms with Gasteiger partial charge in [-0.15, -0.1) is 0 Å². The second-order valence-corrected chi connectivity index (χ2v) is 8.62. The number of hydrogen-bond donors (Lipinski definition) is 2. The molecule has 0 radical (unpaired) electrons. The van der Waals surface area contributed by atoms with Crippen molar-refractivity contribution in [3.05, 3.63) is 44.6 Å². The summed E-state index contributed by atoms with van der Waals surface area (Å²) in [5, 5.41) is 7.64. The predicted molar refractivity (Wildman–Crippen MR) is 117 cm³/mol. The van der Waals surface area contributed by atoms with Gasteiger partial charge in [-0.3, -0.25) is 14.8 Å². The van der Waals surface area contributed by atoms with Crippen LogP contribution >= 0.6 is 0 Å². The van der Waals surface area contributed by atoms with Crippen LogP contribution in [0.15, 0.2) is 9.79 Å². The minimum atomic E-state index is 0.0657. The van der Waals surface area contributed by atoms with Crippen LogP contribution in [-0.2, 0) is 24.2 Å². The van der Waals surface area contributed by atoms with Gasteiger partial charge in [-0.2, -0.15) is 0 Å². The van der Waals surface area contributed by atoms with Crippen molar-refractivity contribution in [2.75, 3.05) is 19.8 Å². The molecule has 0 spiro atoms. The van der Waals surface area contributed by atoms with Gasteiger partial charge in [-0.05, 0) is 33.1 Å². The fraction of sp³-hybridized carbons (Fsp3) is 0.591. The Morgan fingerprint density at radius 2 is 2.16 bits per heavy atom. The van der Waals surface area contributed by atoms with Gasteiger partial charge in [0.2, 0.25) is 0 Å². The molecule has 2 aliphatic heterocycles. The molecule has 4 heterocycles. The third kappa shape index (κ3) is 3.60. The molecular weight excluding hydrogens is 394 g/mol. The molecular formula is C22H29N7O2. The zero-order valence-electron chi connectivity index (χ0n) is 18.1. The van der Waals surface area contributed by atoms with Gasteiger partial charge in [0.1, 0.15) is 23.7 Å². The second-order valence-electron chi connectivity index (χ2n) is 8.62. The van der Waals surface area contributed by atoms with Gasteiger partial charge in [-0.25, -0.2) is 15.0 Å². The second kappa shape index (κ2) is 8.03. The molecule has 9 heteroatoms. The summed E-state index contributed by atoms with van der Waals surface area (Å²) in [6, 6.07) is 0. The van der Waals surface area contributed by atoms with Crippen molar-refractivity contribution in [1.29, 1.82) is 5.41 Å². The van der Waals surface area contributed by atoms with Gasteiger partial charge >= 0.3 is 0 Å². The number of rotatable bonds is 5. The van der Waals surface area contributed by atoms with Crippen LogP contribution < -0.4 is 5.56 Å². The minimum absolute atomic E-state index is 0.0657. The molecule has 0 amide bonds.